The SMILES string of the molecule is COC(=O)COc1ccc([C@@H](C)O)cc1Cl. The van der Waals surface area contributed by atoms with Crippen molar-refractivity contribution in [3.8, 4) is 5.75 Å². The zero-order chi connectivity index (χ0) is 12.1. The summed E-state index contributed by atoms with van der Waals surface area (Å²) >= 11 is 5.91. The largest absolute Gasteiger partial charge is 0.480 e. The van der Waals surface area contributed by atoms with Crippen LogP contribution in [0.15, 0.2) is 18.2 Å². The van der Waals surface area contributed by atoms with Crippen LogP contribution >= 0.6 is 11.6 Å². The molecule has 88 valence electrons. The predicted octanol–water partition coefficient (Wildman–Crippen LogP) is 1.95. The third-order valence-electron chi connectivity index (χ3n) is 2.01. The maximum absolute atomic E-state index is 10.8. The Balaban J connectivity index is 2.72. The molecule has 0 bridgehead atoms. The minimum Gasteiger partial charge on any atom is -0.480 e. The molecule has 16 heavy (non-hydrogen) atoms. The van der Waals surface area contributed by atoms with Gasteiger partial charge in [0, 0.05) is 0 Å². The highest BCUT2D eigenvalue weighted by Crippen LogP contribution is 2.27. The molecule has 0 saturated carbocycles. The van der Waals surface area contributed by atoms with Crippen molar-refractivity contribution in [2.24, 2.45) is 0 Å². The zero-order valence-corrected chi connectivity index (χ0v) is 9.82. The van der Waals surface area contributed by atoms with E-state index in [1.807, 2.05) is 0 Å². The number of benzene rings is 1. The molecule has 0 aliphatic heterocycles. The second-order valence-corrected chi connectivity index (χ2v) is 3.64. The summed E-state index contributed by atoms with van der Waals surface area (Å²) < 4.78 is 9.56. The average molecular weight is 245 g/mol. The minimum atomic E-state index is -0.591. The molecular formula is C11H13ClO4. The van der Waals surface area contributed by atoms with Crippen LogP contribution < -0.4 is 4.74 Å². The van der Waals surface area contributed by atoms with E-state index in [9.17, 15) is 9.90 Å². The quantitative estimate of drug-likeness (QED) is 0.823. The number of hydrogen-bond acceptors (Lipinski definition) is 4. The third kappa shape index (κ3) is 3.40. The number of ether oxygens (including phenoxy) is 2. The first kappa shape index (κ1) is 12.8. The van der Waals surface area contributed by atoms with Gasteiger partial charge in [0.05, 0.1) is 18.2 Å². The van der Waals surface area contributed by atoms with Crippen molar-refractivity contribution in [2.75, 3.05) is 13.7 Å². The standard InChI is InChI=1S/C11H13ClO4/c1-7(13)8-3-4-10(9(12)5-8)16-6-11(14)15-2/h3-5,7,13H,6H2,1-2H3/t7-/m1/s1. The molecule has 0 heterocycles. The first-order valence-corrected chi connectivity index (χ1v) is 5.09. The molecule has 4 nitrogen and oxygen atoms in total. The third-order valence-corrected chi connectivity index (χ3v) is 2.31. The smallest absolute Gasteiger partial charge is 0.343 e. The zero-order valence-electron chi connectivity index (χ0n) is 9.07. The van der Waals surface area contributed by atoms with E-state index in [4.69, 9.17) is 16.3 Å². The molecule has 1 N–H and O–H groups in total. The normalized spacial score (nSPS) is 12.0. The molecule has 0 fully saturated rings. The highest BCUT2D eigenvalue weighted by molar-refractivity contribution is 6.32. The van der Waals surface area contributed by atoms with Crippen LogP contribution in [0.5, 0.6) is 5.75 Å². The molecule has 1 atom stereocenters. The maximum atomic E-state index is 10.8. The molecule has 1 rings (SSSR count). The summed E-state index contributed by atoms with van der Waals surface area (Å²) in [5.41, 5.74) is 0.690. The Morgan fingerprint density at radius 3 is 2.75 bits per heavy atom. The molecule has 0 aliphatic rings. The summed E-state index contributed by atoms with van der Waals surface area (Å²) in [6.45, 7) is 1.45. The molecule has 0 saturated heterocycles. The lowest BCUT2D eigenvalue weighted by atomic mass is 10.1. The van der Waals surface area contributed by atoms with Gasteiger partial charge in [-0.15, -0.1) is 0 Å². The van der Waals surface area contributed by atoms with Crippen molar-refractivity contribution in [3.05, 3.63) is 28.8 Å². The summed E-state index contributed by atoms with van der Waals surface area (Å²) in [5, 5.41) is 9.67. The van der Waals surface area contributed by atoms with Gasteiger partial charge in [0.15, 0.2) is 6.61 Å². The average Bonchev–Trinajstić information content (AvgIpc) is 2.26. The molecule has 0 aromatic heterocycles. The van der Waals surface area contributed by atoms with Crippen LogP contribution in [0.2, 0.25) is 5.02 Å². The van der Waals surface area contributed by atoms with Crippen LogP contribution in [0.4, 0.5) is 0 Å². The van der Waals surface area contributed by atoms with Gasteiger partial charge in [0.2, 0.25) is 0 Å². The number of halogens is 1. The Morgan fingerprint density at radius 1 is 1.56 bits per heavy atom. The molecule has 0 aliphatic carbocycles. The highest BCUT2D eigenvalue weighted by atomic mass is 35.5. The molecule has 1 aromatic carbocycles. The van der Waals surface area contributed by atoms with Gasteiger partial charge in [-0.3, -0.25) is 0 Å². The number of hydrogen-bond donors (Lipinski definition) is 1. The summed E-state index contributed by atoms with van der Waals surface area (Å²) in [7, 11) is 1.28. The predicted molar refractivity (Wildman–Crippen MR) is 59.6 cm³/mol. The van der Waals surface area contributed by atoms with Crippen molar-refractivity contribution >= 4 is 17.6 Å². The molecular weight excluding hydrogens is 232 g/mol. The van der Waals surface area contributed by atoms with E-state index in [1.54, 1.807) is 25.1 Å². The first-order chi connectivity index (χ1) is 7.54. The summed E-state index contributed by atoms with van der Waals surface area (Å²) in [6.07, 6.45) is -0.591. The number of carbonyl (C=O) groups is 1. The topological polar surface area (TPSA) is 55.8 Å². The van der Waals surface area contributed by atoms with Crippen LogP contribution in [0.1, 0.15) is 18.6 Å². The number of aliphatic hydroxyl groups excluding tert-OH is 1. The monoisotopic (exact) mass is 244 g/mol. The summed E-state index contributed by atoms with van der Waals surface area (Å²) in [4.78, 5) is 10.8. The molecule has 1 aromatic rings. The fourth-order valence-electron chi connectivity index (χ4n) is 1.09. The van der Waals surface area contributed by atoms with Gasteiger partial charge < -0.3 is 14.6 Å². The van der Waals surface area contributed by atoms with E-state index in [2.05, 4.69) is 4.74 Å². The fraction of sp³-hybridized carbons (Fsp3) is 0.364. The lowest BCUT2D eigenvalue weighted by molar-refractivity contribution is -0.142. The fourth-order valence-corrected chi connectivity index (χ4v) is 1.33. The van der Waals surface area contributed by atoms with Gasteiger partial charge in [-0.25, -0.2) is 4.79 Å². The van der Waals surface area contributed by atoms with E-state index in [0.717, 1.165) is 0 Å². The Morgan fingerprint density at radius 2 is 2.25 bits per heavy atom. The van der Waals surface area contributed by atoms with E-state index in [1.165, 1.54) is 7.11 Å². The van der Waals surface area contributed by atoms with Gasteiger partial charge in [-0.05, 0) is 24.6 Å². The van der Waals surface area contributed by atoms with Crippen LogP contribution in [0.25, 0.3) is 0 Å². The Bertz CT molecular complexity index is 376. The van der Waals surface area contributed by atoms with Gasteiger partial charge in [-0.2, -0.15) is 0 Å². The van der Waals surface area contributed by atoms with Gasteiger partial charge in [0.1, 0.15) is 5.75 Å². The molecule has 0 amide bonds. The van der Waals surface area contributed by atoms with E-state index >= 15 is 0 Å². The van der Waals surface area contributed by atoms with E-state index in [-0.39, 0.29) is 6.61 Å². The molecule has 0 spiro atoms. The molecule has 0 radical (unpaired) electrons. The Hall–Kier alpha value is -1.26. The lowest BCUT2D eigenvalue weighted by Crippen LogP contribution is -2.12. The summed E-state index contributed by atoms with van der Waals surface area (Å²) in [5.74, 6) is -0.0906. The number of esters is 1. The van der Waals surface area contributed by atoms with Gasteiger partial charge >= 0.3 is 5.97 Å². The van der Waals surface area contributed by atoms with Crippen LogP contribution in [-0.2, 0) is 9.53 Å². The first-order valence-electron chi connectivity index (χ1n) is 4.71. The van der Waals surface area contributed by atoms with Crippen LogP contribution in [0, 0.1) is 0 Å². The van der Waals surface area contributed by atoms with Crippen molar-refractivity contribution in [2.45, 2.75) is 13.0 Å². The van der Waals surface area contributed by atoms with Crippen molar-refractivity contribution in [1.29, 1.82) is 0 Å². The number of rotatable bonds is 4. The Kier molecular flexibility index (Phi) is 4.58. The van der Waals surface area contributed by atoms with E-state index in [0.29, 0.717) is 16.3 Å². The van der Waals surface area contributed by atoms with Crippen molar-refractivity contribution in [1.82, 2.24) is 0 Å². The second kappa shape index (κ2) is 5.72. The molecule has 5 heteroatoms. The van der Waals surface area contributed by atoms with Crippen molar-refractivity contribution < 1.29 is 19.4 Å². The highest BCUT2D eigenvalue weighted by Gasteiger charge is 2.08. The summed E-state index contributed by atoms with van der Waals surface area (Å²) in [6, 6.07) is 4.88. The Labute approximate surface area is 98.7 Å². The van der Waals surface area contributed by atoms with Gasteiger partial charge in [-0.1, -0.05) is 17.7 Å². The number of aliphatic hydroxyl groups is 1. The number of carbonyl (C=O) groups excluding carboxylic acids is 1. The number of methoxy groups -OCH3 is 1. The lowest BCUT2D eigenvalue weighted by Gasteiger charge is -2.09. The molecule has 0 unspecified atom stereocenters. The maximum Gasteiger partial charge on any atom is 0.343 e. The second-order valence-electron chi connectivity index (χ2n) is 3.23. The van der Waals surface area contributed by atoms with Crippen LogP contribution in [-0.4, -0.2) is 24.8 Å². The van der Waals surface area contributed by atoms with Crippen molar-refractivity contribution in [3.63, 3.8) is 0 Å². The van der Waals surface area contributed by atoms with Crippen LogP contribution in [0.3, 0.4) is 0 Å². The van der Waals surface area contributed by atoms with Gasteiger partial charge in [0.25, 0.3) is 0 Å². The van der Waals surface area contributed by atoms with E-state index < -0.39 is 12.1 Å². The minimum absolute atomic E-state index is 0.190.